The minimum atomic E-state index is 0.265. The van der Waals surface area contributed by atoms with Gasteiger partial charge in [-0.05, 0) is 54.8 Å². The molecule has 1 heterocycles. The highest BCUT2D eigenvalue weighted by atomic mass is 14.9. The van der Waals surface area contributed by atoms with E-state index in [-0.39, 0.29) is 6.04 Å². The summed E-state index contributed by atoms with van der Waals surface area (Å²) in [6.07, 6.45) is 13.0. The van der Waals surface area contributed by atoms with Crippen molar-refractivity contribution in [3.05, 3.63) is 77.5 Å². The van der Waals surface area contributed by atoms with Crippen molar-refractivity contribution in [3.63, 3.8) is 0 Å². The summed E-state index contributed by atoms with van der Waals surface area (Å²) in [5.74, 6) is 0.540. The van der Waals surface area contributed by atoms with Crippen molar-refractivity contribution in [2.45, 2.75) is 33.7 Å². The summed E-state index contributed by atoms with van der Waals surface area (Å²) in [7, 11) is 0. The number of rotatable bonds is 4. The van der Waals surface area contributed by atoms with Crippen LogP contribution in [0.15, 0.2) is 66.4 Å². The van der Waals surface area contributed by atoms with E-state index in [0.717, 1.165) is 0 Å². The molecule has 1 heteroatoms. The van der Waals surface area contributed by atoms with Gasteiger partial charge in [0.2, 0.25) is 0 Å². The number of dihydropyridines is 1. The second-order valence-corrected chi connectivity index (χ2v) is 5.88. The predicted octanol–water partition coefficient (Wildman–Crippen LogP) is 5.41. The van der Waals surface area contributed by atoms with Gasteiger partial charge in [-0.15, -0.1) is 0 Å². The predicted molar refractivity (Wildman–Crippen MR) is 92.8 cm³/mol. The summed E-state index contributed by atoms with van der Waals surface area (Å²) < 4.78 is 0. The first-order chi connectivity index (χ1) is 10.1. The average molecular weight is 279 g/mol. The van der Waals surface area contributed by atoms with E-state index in [2.05, 4.69) is 87.7 Å². The SMILES string of the molecule is C/C=C\C(=C/C(C)C)c1cccc(C2C=C(C)C=CN2)c1. The van der Waals surface area contributed by atoms with Crippen LogP contribution in [0.1, 0.15) is 44.9 Å². The Morgan fingerprint density at radius 2 is 2.10 bits per heavy atom. The topological polar surface area (TPSA) is 12.0 Å². The lowest BCUT2D eigenvalue weighted by Crippen LogP contribution is -2.16. The monoisotopic (exact) mass is 279 g/mol. The van der Waals surface area contributed by atoms with Crippen LogP contribution in [-0.2, 0) is 0 Å². The molecule has 110 valence electrons. The zero-order chi connectivity index (χ0) is 15.2. The molecule has 0 fully saturated rings. The largest absolute Gasteiger partial charge is 0.381 e. The van der Waals surface area contributed by atoms with Crippen LogP contribution in [0, 0.1) is 5.92 Å². The Hall–Kier alpha value is -2.02. The molecule has 1 aliphatic heterocycles. The molecule has 1 nitrogen and oxygen atoms in total. The van der Waals surface area contributed by atoms with E-state index >= 15 is 0 Å². The Labute approximate surface area is 128 Å². The summed E-state index contributed by atoms with van der Waals surface area (Å²) >= 11 is 0. The Morgan fingerprint density at radius 3 is 2.76 bits per heavy atom. The third kappa shape index (κ3) is 4.22. The maximum absolute atomic E-state index is 3.41. The molecule has 21 heavy (non-hydrogen) atoms. The summed E-state index contributed by atoms with van der Waals surface area (Å²) in [6, 6.07) is 9.07. The minimum absolute atomic E-state index is 0.265. The maximum atomic E-state index is 3.41. The van der Waals surface area contributed by atoms with Crippen LogP contribution in [0.5, 0.6) is 0 Å². The molecule has 1 atom stereocenters. The fourth-order valence-corrected chi connectivity index (χ4v) is 2.54. The standard InChI is InChI=1S/C20H25N/c1-5-7-17(12-15(2)3)18-8-6-9-19(14-18)20-13-16(4)10-11-21-20/h5-15,20-21H,1-4H3/b7-5-,17-12+. The van der Waals surface area contributed by atoms with Crippen molar-refractivity contribution in [3.8, 4) is 0 Å². The van der Waals surface area contributed by atoms with Gasteiger partial charge in [-0.2, -0.15) is 0 Å². The van der Waals surface area contributed by atoms with E-state index in [1.807, 2.05) is 6.20 Å². The molecule has 0 saturated heterocycles. The van der Waals surface area contributed by atoms with Gasteiger partial charge in [0.25, 0.3) is 0 Å². The van der Waals surface area contributed by atoms with E-state index in [0.29, 0.717) is 5.92 Å². The Morgan fingerprint density at radius 1 is 1.29 bits per heavy atom. The van der Waals surface area contributed by atoms with Crippen LogP contribution in [-0.4, -0.2) is 0 Å². The van der Waals surface area contributed by atoms with Crippen LogP contribution >= 0.6 is 0 Å². The molecule has 0 bridgehead atoms. The first-order valence-electron chi connectivity index (χ1n) is 7.66. The molecule has 1 aromatic carbocycles. The third-order valence-corrected chi connectivity index (χ3v) is 3.49. The number of benzene rings is 1. The van der Waals surface area contributed by atoms with Crippen LogP contribution in [0.25, 0.3) is 5.57 Å². The third-order valence-electron chi connectivity index (χ3n) is 3.49. The van der Waals surface area contributed by atoms with E-state index in [1.165, 1.54) is 22.3 Å². The summed E-state index contributed by atoms with van der Waals surface area (Å²) in [4.78, 5) is 0. The van der Waals surface area contributed by atoms with Gasteiger partial charge in [-0.3, -0.25) is 0 Å². The van der Waals surface area contributed by atoms with E-state index in [9.17, 15) is 0 Å². The zero-order valence-corrected chi connectivity index (χ0v) is 13.4. The first kappa shape index (κ1) is 15.4. The van der Waals surface area contributed by atoms with Crippen LogP contribution in [0.4, 0.5) is 0 Å². The molecule has 0 spiro atoms. The summed E-state index contributed by atoms with van der Waals surface area (Å²) in [6.45, 7) is 8.63. The van der Waals surface area contributed by atoms with Gasteiger partial charge < -0.3 is 5.32 Å². The minimum Gasteiger partial charge on any atom is -0.381 e. The number of nitrogens with one attached hydrogen (secondary N) is 1. The normalized spacial score (nSPS) is 19.0. The molecule has 0 aromatic heterocycles. The van der Waals surface area contributed by atoms with Crippen molar-refractivity contribution in [1.29, 1.82) is 0 Å². The molecule has 1 N–H and O–H groups in total. The van der Waals surface area contributed by atoms with Gasteiger partial charge in [0, 0.05) is 0 Å². The second-order valence-electron chi connectivity index (χ2n) is 5.88. The van der Waals surface area contributed by atoms with Crippen molar-refractivity contribution < 1.29 is 0 Å². The molecule has 0 saturated carbocycles. The van der Waals surface area contributed by atoms with Crippen molar-refractivity contribution in [2.75, 3.05) is 0 Å². The van der Waals surface area contributed by atoms with Gasteiger partial charge in [0.15, 0.2) is 0 Å². The van der Waals surface area contributed by atoms with Gasteiger partial charge in [-0.25, -0.2) is 0 Å². The Kier molecular flexibility index (Phi) is 5.21. The van der Waals surface area contributed by atoms with Crippen molar-refractivity contribution >= 4 is 5.57 Å². The molecular formula is C20H25N. The molecule has 1 aromatic rings. The molecule has 2 rings (SSSR count). The molecular weight excluding hydrogens is 254 g/mol. The zero-order valence-electron chi connectivity index (χ0n) is 13.4. The van der Waals surface area contributed by atoms with Gasteiger partial charge in [-0.1, -0.05) is 61.9 Å². The highest BCUT2D eigenvalue weighted by Gasteiger charge is 2.10. The lowest BCUT2D eigenvalue weighted by molar-refractivity contribution is 0.739. The Balaban J connectivity index is 2.35. The number of allylic oxidation sites excluding steroid dienone is 6. The van der Waals surface area contributed by atoms with Crippen LogP contribution in [0.2, 0.25) is 0 Å². The van der Waals surface area contributed by atoms with Crippen molar-refractivity contribution in [1.82, 2.24) is 5.32 Å². The molecule has 0 amide bonds. The van der Waals surface area contributed by atoms with Gasteiger partial charge in [0.1, 0.15) is 0 Å². The summed E-state index contributed by atoms with van der Waals surface area (Å²) in [5.41, 5.74) is 5.18. The molecule has 0 radical (unpaired) electrons. The van der Waals surface area contributed by atoms with Crippen LogP contribution in [0.3, 0.4) is 0 Å². The lowest BCUT2D eigenvalue weighted by atomic mass is 9.95. The molecule has 1 aliphatic rings. The average Bonchev–Trinajstić information content (AvgIpc) is 2.46. The van der Waals surface area contributed by atoms with E-state index in [1.54, 1.807) is 0 Å². The lowest BCUT2D eigenvalue weighted by Gasteiger charge is -2.19. The van der Waals surface area contributed by atoms with E-state index < -0.39 is 0 Å². The van der Waals surface area contributed by atoms with Gasteiger partial charge in [0.05, 0.1) is 6.04 Å². The van der Waals surface area contributed by atoms with Crippen molar-refractivity contribution in [2.24, 2.45) is 5.92 Å². The fraction of sp³-hybridized carbons (Fsp3) is 0.300. The fourth-order valence-electron chi connectivity index (χ4n) is 2.54. The second kappa shape index (κ2) is 7.12. The summed E-state index contributed by atoms with van der Waals surface area (Å²) in [5, 5.41) is 3.41. The smallest absolute Gasteiger partial charge is 0.0698 e. The number of hydrogen-bond acceptors (Lipinski definition) is 1. The van der Waals surface area contributed by atoms with Gasteiger partial charge >= 0.3 is 0 Å². The quantitative estimate of drug-likeness (QED) is 0.727. The Bertz CT molecular complexity index is 600. The molecule has 0 aliphatic carbocycles. The highest BCUT2D eigenvalue weighted by molar-refractivity contribution is 5.74. The first-order valence-corrected chi connectivity index (χ1v) is 7.66. The van der Waals surface area contributed by atoms with E-state index in [4.69, 9.17) is 0 Å². The molecule has 1 unspecified atom stereocenters. The maximum Gasteiger partial charge on any atom is 0.0698 e. The highest BCUT2D eigenvalue weighted by Crippen LogP contribution is 2.25. The van der Waals surface area contributed by atoms with Crippen LogP contribution < -0.4 is 5.32 Å². The number of hydrogen-bond donors (Lipinski definition) is 1.